The number of hydrogen-bond donors (Lipinski definition) is 1. The number of nitrogen functional groups attached to an aromatic ring is 1. The van der Waals surface area contributed by atoms with Crippen molar-refractivity contribution in [2.24, 2.45) is 5.92 Å². The van der Waals surface area contributed by atoms with E-state index >= 15 is 0 Å². The van der Waals surface area contributed by atoms with E-state index in [2.05, 4.69) is 23.8 Å². The zero-order valence-electron chi connectivity index (χ0n) is 12.3. The van der Waals surface area contributed by atoms with Crippen molar-refractivity contribution < 1.29 is 0 Å². The van der Waals surface area contributed by atoms with E-state index in [1.807, 2.05) is 4.57 Å². The molecule has 0 aliphatic rings. The average Bonchev–Trinajstić information content (AvgIpc) is 2.68. The molecule has 110 valence electrons. The maximum absolute atomic E-state index is 5.95. The molecule has 0 aromatic carbocycles. The summed E-state index contributed by atoms with van der Waals surface area (Å²) in [5.74, 6) is 1.33. The number of unbranched alkanes of at least 4 members (excludes halogenated alkanes) is 3. The lowest BCUT2D eigenvalue weighted by atomic mass is 10.0. The second-order valence-electron chi connectivity index (χ2n) is 5.71. The van der Waals surface area contributed by atoms with Gasteiger partial charge < -0.3 is 5.73 Å². The highest BCUT2D eigenvalue weighted by atomic mass is 35.5. The number of nitrogens with zero attached hydrogens (tertiary/aromatic N) is 3. The van der Waals surface area contributed by atoms with Crippen molar-refractivity contribution in [3.63, 3.8) is 0 Å². The molecule has 5 heteroatoms. The number of rotatable bonds is 7. The van der Waals surface area contributed by atoms with Crippen LogP contribution in [0.25, 0.3) is 11.2 Å². The molecule has 0 fully saturated rings. The molecule has 20 heavy (non-hydrogen) atoms. The van der Waals surface area contributed by atoms with Crippen LogP contribution >= 0.6 is 11.6 Å². The lowest BCUT2D eigenvalue weighted by Crippen LogP contribution is -2.04. The van der Waals surface area contributed by atoms with Crippen molar-refractivity contribution >= 4 is 28.7 Å². The van der Waals surface area contributed by atoms with Crippen molar-refractivity contribution in [1.29, 1.82) is 0 Å². The fourth-order valence-electron chi connectivity index (χ4n) is 2.40. The zero-order valence-corrected chi connectivity index (χ0v) is 13.0. The van der Waals surface area contributed by atoms with E-state index < -0.39 is 0 Å². The number of aryl methyl sites for hydroxylation is 1. The first-order valence-electron chi connectivity index (χ1n) is 7.35. The Labute approximate surface area is 125 Å². The first kappa shape index (κ1) is 15.1. The Morgan fingerprint density at radius 2 is 2.00 bits per heavy atom. The smallest absolute Gasteiger partial charge is 0.202 e. The summed E-state index contributed by atoms with van der Waals surface area (Å²) in [4.78, 5) is 8.63. The third-order valence-corrected chi connectivity index (χ3v) is 3.70. The number of halogens is 1. The quantitative estimate of drug-likeness (QED) is 0.776. The molecular formula is C15H23ClN4. The van der Waals surface area contributed by atoms with Crippen LogP contribution in [-0.4, -0.2) is 14.5 Å². The Kier molecular flexibility index (Phi) is 5.24. The fraction of sp³-hybridized carbons (Fsp3) is 0.600. The highest BCUT2D eigenvalue weighted by Crippen LogP contribution is 2.20. The first-order valence-corrected chi connectivity index (χ1v) is 7.73. The van der Waals surface area contributed by atoms with E-state index in [1.54, 1.807) is 12.3 Å². The number of aromatic nitrogens is 3. The molecule has 0 bridgehead atoms. The Bertz CT molecular complexity index is 562. The first-order chi connectivity index (χ1) is 9.58. The molecule has 0 saturated carbocycles. The predicted molar refractivity (Wildman–Crippen MR) is 84.9 cm³/mol. The molecule has 0 unspecified atom stereocenters. The van der Waals surface area contributed by atoms with E-state index in [1.165, 1.54) is 25.7 Å². The van der Waals surface area contributed by atoms with Gasteiger partial charge in [0.2, 0.25) is 5.95 Å². The van der Waals surface area contributed by atoms with E-state index in [9.17, 15) is 0 Å². The molecule has 4 nitrogen and oxygen atoms in total. The lowest BCUT2D eigenvalue weighted by molar-refractivity contribution is 0.508. The molecule has 0 atom stereocenters. The molecule has 0 amide bonds. The van der Waals surface area contributed by atoms with Crippen LogP contribution in [0.15, 0.2) is 12.3 Å². The van der Waals surface area contributed by atoms with E-state index in [0.717, 1.165) is 30.0 Å². The highest BCUT2D eigenvalue weighted by Gasteiger charge is 2.09. The molecule has 2 heterocycles. The standard InChI is InChI=1S/C15H23ClN4/c1-11(2)7-5-3-4-6-8-20-14-13(19-15(20)17)9-12(16)10-18-14/h9-11H,3-8H2,1-2H3,(H2,17,19). The minimum atomic E-state index is 0.525. The van der Waals surface area contributed by atoms with Crippen LogP contribution in [0.1, 0.15) is 46.0 Å². The molecule has 0 aliphatic carbocycles. The van der Waals surface area contributed by atoms with E-state index in [0.29, 0.717) is 11.0 Å². The maximum atomic E-state index is 5.95. The summed E-state index contributed by atoms with van der Waals surface area (Å²) in [6.45, 7) is 5.42. The third kappa shape index (κ3) is 3.85. The monoisotopic (exact) mass is 294 g/mol. The van der Waals surface area contributed by atoms with Gasteiger partial charge in [-0.15, -0.1) is 0 Å². The van der Waals surface area contributed by atoms with Gasteiger partial charge in [-0.25, -0.2) is 9.97 Å². The third-order valence-electron chi connectivity index (χ3n) is 3.49. The average molecular weight is 295 g/mol. The van der Waals surface area contributed by atoms with Gasteiger partial charge in [-0.2, -0.15) is 0 Å². The summed E-state index contributed by atoms with van der Waals surface area (Å²) in [5.41, 5.74) is 7.55. The summed E-state index contributed by atoms with van der Waals surface area (Å²) in [6, 6.07) is 1.80. The number of hydrogen-bond acceptors (Lipinski definition) is 3. The molecule has 0 spiro atoms. The van der Waals surface area contributed by atoms with Crippen molar-refractivity contribution in [3.8, 4) is 0 Å². The van der Waals surface area contributed by atoms with Gasteiger partial charge in [-0.3, -0.25) is 4.57 Å². The summed E-state index contributed by atoms with van der Waals surface area (Å²) >= 11 is 5.91. The molecule has 0 radical (unpaired) electrons. The van der Waals surface area contributed by atoms with Gasteiger partial charge in [0.05, 0.1) is 5.02 Å². The lowest BCUT2D eigenvalue weighted by Gasteiger charge is -2.07. The van der Waals surface area contributed by atoms with Gasteiger partial charge in [-0.1, -0.05) is 51.1 Å². The van der Waals surface area contributed by atoms with Crippen molar-refractivity contribution in [2.45, 2.75) is 52.5 Å². The van der Waals surface area contributed by atoms with Gasteiger partial charge >= 0.3 is 0 Å². The van der Waals surface area contributed by atoms with Crippen molar-refractivity contribution in [1.82, 2.24) is 14.5 Å². The van der Waals surface area contributed by atoms with Gasteiger partial charge in [0.15, 0.2) is 5.65 Å². The van der Waals surface area contributed by atoms with Gasteiger partial charge in [0, 0.05) is 12.7 Å². The summed E-state index contributed by atoms with van der Waals surface area (Å²) in [6.07, 6.45) is 7.88. The largest absolute Gasteiger partial charge is 0.369 e. The Morgan fingerprint density at radius 1 is 1.25 bits per heavy atom. The van der Waals surface area contributed by atoms with Gasteiger partial charge in [0.1, 0.15) is 5.52 Å². The molecule has 0 aliphatic heterocycles. The van der Waals surface area contributed by atoms with Crippen LogP contribution in [0.5, 0.6) is 0 Å². The molecule has 2 aromatic heterocycles. The second-order valence-corrected chi connectivity index (χ2v) is 6.15. The van der Waals surface area contributed by atoms with Crippen LogP contribution < -0.4 is 5.73 Å². The molecular weight excluding hydrogens is 272 g/mol. The van der Waals surface area contributed by atoms with Crippen LogP contribution in [-0.2, 0) is 6.54 Å². The SMILES string of the molecule is CC(C)CCCCCCn1c(N)nc2cc(Cl)cnc21. The Balaban J connectivity index is 1.88. The van der Waals surface area contributed by atoms with Crippen LogP contribution in [0.2, 0.25) is 5.02 Å². The molecule has 2 rings (SSSR count). The molecule has 2 N–H and O–H groups in total. The number of imidazole rings is 1. The Morgan fingerprint density at radius 3 is 2.75 bits per heavy atom. The fourth-order valence-corrected chi connectivity index (χ4v) is 2.55. The van der Waals surface area contributed by atoms with Gasteiger partial charge in [0.25, 0.3) is 0 Å². The number of anilines is 1. The number of fused-ring (bicyclic) bond motifs is 1. The number of pyridine rings is 1. The van der Waals surface area contributed by atoms with E-state index in [-0.39, 0.29) is 0 Å². The summed E-state index contributed by atoms with van der Waals surface area (Å²) in [5, 5.41) is 0.593. The highest BCUT2D eigenvalue weighted by molar-refractivity contribution is 6.31. The van der Waals surface area contributed by atoms with Crippen molar-refractivity contribution in [2.75, 3.05) is 5.73 Å². The minimum Gasteiger partial charge on any atom is -0.369 e. The maximum Gasteiger partial charge on any atom is 0.202 e. The number of nitrogens with two attached hydrogens (primary N) is 1. The summed E-state index contributed by atoms with van der Waals surface area (Å²) < 4.78 is 1.98. The minimum absolute atomic E-state index is 0.525. The normalized spacial score (nSPS) is 11.6. The zero-order chi connectivity index (χ0) is 14.5. The summed E-state index contributed by atoms with van der Waals surface area (Å²) in [7, 11) is 0. The topological polar surface area (TPSA) is 56.7 Å². The van der Waals surface area contributed by atoms with Crippen LogP contribution in [0, 0.1) is 5.92 Å². The Hall–Kier alpha value is -1.29. The van der Waals surface area contributed by atoms with Crippen molar-refractivity contribution in [3.05, 3.63) is 17.3 Å². The molecule has 2 aromatic rings. The second kappa shape index (κ2) is 6.93. The van der Waals surface area contributed by atoms with Gasteiger partial charge in [-0.05, 0) is 18.4 Å². The van der Waals surface area contributed by atoms with Crippen LogP contribution in [0.3, 0.4) is 0 Å². The molecule has 0 saturated heterocycles. The predicted octanol–water partition coefficient (Wildman–Crippen LogP) is 4.27. The van der Waals surface area contributed by atoms with E-state index in [4.69, 9.17) is 17.3 Å². The van der Waals surface area contributed by atoms with Crippen LogP contribution in [0.4, 0.5) is 5.95 Å².